The highest BCUT2D eigenvalue weighted by Gasteiger charge is 2.28. The van der Waals surface area contributed by atoms with Gasteiger partial charge in [-0.15, -0.1) is 0 Å². The predicted octanol–water partition coefficient (Wildman–Crippen LogP) is 2.24. The normalized spacial score (nSPS) is 19.5. The van der Waals surface area contributed by atoms with Crippen LogP contribution in [0.3, 0.4) is 0 Å². The van der Waals surface area contributed by atoms with Crippen molar-refractivity contribution in [2.24, 2.45) is 0 Å². The topological polar surface area (TPSA) is 64.6 Å². The lowest BCUT2D eigenvalue weighted by Gasteiger charge is -2.23. The van der Waals surface area contributed by atoms with Crippen molar-refractivity contribution in [3.8, 4) is 5.75 Å². The van der Waals surface area contributed by atoms with Gasteiger partial charge in [0.25, 0.3) is 0 Å². The van der Waals surface area contributed by atoms with Crippen LogP contribution in [0.1, 0.15) is 38.3 Å². The summed E-state index contributed by atoms with van der Waals surface area (Å²) in [6, 6.07) is 7.84. The largest absolute Gasteiger partial charge is 0.508 e. The molecule has 1 heterocycles. The summed E-state index contributed by atoms with van der Waals surface area (Å²) in [6.45, 7) is 6.18. The number of nitrogens with zero attached hydrogens (tertiary/aromatic N) is 1. The minimum absolute atomic E-state index is 0.0115. The summed E-state index contributed by atoms with van der Waals surface area (Å²) < 4.78 is 0. The number of carbonyl (C=O) groups excluding carboxylic acids is 1. The highest BCUT2D eigenvalue weighted by molar-refractivity contribution is 5.74. The highest BCUT2D eigenvalue weighted by Crippen LogP contribution is 2.27. The van der Waals surface area contributed by atoms with Crippen LogP contribution in [-0.2, 0) is 0 Å². The molecule has 0 saturated carbocycles. The monoisotopic (exact) mass is 291 g/mol. The first kappa shape index (κ1) is 15.6. The average Bonchev–Trinajstić information content (AvgIpc) is 2.94. The van der Waals surface area contributed by atoms with E-state index in [0.717, 1.165) is 31.5 Å². The molecule has 0 aromatic heterocycles. The van der Waals surface area contributed by atoms with Crippen molar-refractivity contribution in [3.63, 3.8) is 0 Å². The number of likely N-dealkylation sites (tertiary alicyclic amines) is 1. The third-order valence-electron chi connectivity index (χ3n) is 3.96. The molecule has 0 aliphatic carbocycles. The number of benzene rings is 1. The maximum absolute atomic E-state index is 11.8. The van der Waals surface area contributed by atoms with Crippen LogP contribution in [0.25, 0.3) is 0 Å². The van der Waals surface area contributed by atoms with E-state index in [1.165, 1.54) is 0 Å². The van der Waals surface area contributed by atoms with Gasteiger partial charge in [-0.1, -0.05) is 25.1 Å². The van der Waals surface area contributed by atoms with E-state index in [9.17, 15) is 9.90 Å². The number of carbonyl (C=O) groups is 1. The first-order chi connectivity index (χ1) is 10.2. The number of urea groups is 1. The third kappa shape index (κ3) is 3.88. The van der Waals surface area contributed by atoms with Gasteiger partial charge in [0, 0.05) is 37.3 Å². The molecule has 0 radical (unpaired) electrons. The number of nitrogens with one attached hydrogen (secondary N) is 2. The summed E-state index contributed by atoms with van der Waals surface area (Å²) in [5.74, 6) is 0.329. The lowest BCUT2D eigenvalue weighted by molar-refractivity contribution is 0.208. The van der Waals surface area contributed by atoms with Gasteiger partial charge in [-0.25, -0.2) is 4.79 Å². The lowest BCUT2D eigenvalue weighted by atomic mass is 10.0. The minimum atomic E-state index is 0.0115. The van der Waals surface area contributed by atoms with E-state index >= 15 is 0 Å². The number of hydrogen-bond acceptors (Lipinski definition) is 3. The molecule has 21 heavy (non-hydrogen) atoms. The zero-order valence-corrected chi connectivity index (χ0v) is 12.8. The average molecular weight is 291 g/mol. The summed E-state index contributed by atoms with van der Waals surface area (Å²) in [4.78, 5) is 13.7. The van der Waals surface area contributed by atoms with E-state index in [0.29, 0.717) is 12.3 Å². The molecule has 2 unspecified atom stereocenters. The van der Waals surface area contributed by atoms with Gasteiger partial charge in [0.05, 0.1) is 0 Å². The van der Waals surface area contributed by atoms with Gasteiger partial charge < -0.3 is 20.6 Å². The molecule has 1 saturated heterocycles. The van der Waals surface area contributed by atoms with Crippen LogP contribution in [0.4, 0.5) is 4.79 Å². The quantitative estimate of drug-likeness (QED) is 0.779. The molecule has 2 rings (SSSR count). The first-order valence-corrected chi connectivity index (χ1v) is 7.72. The van der Waals surface area contributed by atoms with E-state index in [1.807, 2.05) is 30.0 Å². The number of phenolic OH excluding ortho intramolecular Hbond substituents is 1. The molecular formula is C16H25N3O2. The Balaban J connectivity index is 1.95. The number of hydrogen-bond donors (Lipinski definition) is 3. The zero-order valence-electron chi connectivity index (χ0n) is 12.8. The SMILES string of the molecule is CCNC(=O)N1CCC(NC(CC)c2ccccc2O)C1. The van der Waals surface area contributed by atoms with Crippen molar-refractivity contribution in [1.82, 2.24) is 15.5 Å². The summed E-state index contributed by atoms with van der Waals surface area (Å²) in [6.07, 6.45) is 1.84. The molecule has 2 amide bonds. The summed E-state index contributed by atoms with van der Waals surface area (Å²) >= 11 is 0. The molecule has 0 bridgehead atoms. The first-order valence-electron chi connectivity index (χ1n) is 7.72. The molecule has 116 valence electrons. The fraction of sp³-hybridized carbons (Fsp3) is 0.562. The van der Waals surface area contributed by atoms with Crippen molar-refractivity contribution in [1.29, 1.82) is 0 Å². The Morgan fingerprint density at radius 2 is 2.19 bits per heavy atom. The number of amides is 2. The Morgan fingerprint density at radius 1 is 1.43 bits per heavy atom. The Bertz CT molecular complexity index is 478. The van der Waals surface area contributed by atoms with Crippen LogP contribution in [0.5, 0.6) is 5.75 Å². The Labute approximate surface area is 126 Å². The molecular weight excluding hydrogens is 266 g/mol. The van der Waals surface area contributed by atoms with Gasteiger partial charge in [0.15, 0.2) is 0 Å². The van der Waals surface area contributed by atoms with Gasteiger partial charge in [-0.05, 0) is 25.8 Å². The Morgan fingerprint density at radius 3 is 2.86 bits per heavy atom. The molecule has 1 aromatic carbocycles. The molecule has 0 spiro atoms. The van der Waals surface area contributed by atoms with Gasteiger partial charge in [-0.2, -0.15) is 0 Å². The highest BCUT2D eigenvalue weighted by atomic mass is 16.3. The van der Waals surface area contributed by atoms with Crippen LogP contribution < -0.4 is 10.6 Å². The van der Waals surface area contributed by atoms with E-state index in [-0.39, 0.29) is 18.1 Å². The second-order valence-electron chi connectivity index (χ2n) is 5.45. The fourth-order valence-corrected chi connectivity index (χ4v) is 2.84. The van der Waals surface area contributed by atoms with Gasteiger partial charge in [-0.3, -0.25) is 0 Å². The van der Waals surface area contributed by atoms with E-state index in [4.69, 9.17) is 0 Å². The molecule has 5 nitrogen and oxygen atoms in total. The molecule has 2 atom stereocenters. The number of aromatic hydroxyl groups is 1. The van der Waals surface area contributed by atoms with Crippen molar-refractivity contribution in [2.75, 3.05) is 19.6 Å². The molecule has 3 N–H and O–H groups in total. The second-order valence-corrected chi connectivity index (χ2v) is 5.45. The number of rotatable bonds is 5. The number of para-hydroxylation sites is 1. The van der Waals surface area contributed by atoms with E-state index < -0.39 is 0 Å². The van der Waals surface area contributed by atoms with Crippen LogP contribution in [0, 0.1) is 0 Å². The van der Waals surface area contributed by atoms with Crippen molar-refractivity contribution in [3.05, 3.63) is 29.8 Å². The van der Waals surface area contributed by atoms with E-state index in [1.54, 1.807) is 6.07 Å². The lowest BCUT2D eigenvalue weighted by Crippen LogP contribution is -2.41. The summed E-state index contributed by atoms with van der Waals surface area (Å²) in [5, 5.41) is 16.4. The predicted molar refractivity (Wildman–Crippen MR) is 83.3 cm³/mol. The van der Waals surface area contributed by atoms with Crippen LogP contribution in [0.2, 0.25) is 0 Å². The summed E-state index contributed by atoms with van der Waals surface area (Å²) in [7, 11) is 0. The maximum atomic E-state index is 11.8. The van der Waals surface area contributed by atoms with Gasteiger partial charge in [0.1, 0.15) is 5.75 Å². The number of phenols is 1. The Kier molecular flexibility index (Phi) is 5.44. The summed E-state index contributed by atoms with van der Waals surface area (Å²) in [5.41, 5.74) is 0.927. The molecule has 5 heteroatoms. The zero-order chi connectivity index (χ0) is 15.2. The smallest absolute Gasteiger partial charge is 0.317 e. The van der Waals surface area contributed by atoms with Crippen LogP contribution >= 0.6 is 0 Å². The molecule has 1 fully saturated rings. The molecule has 1 aliphatic heterocycles. The van der Waals surface area contributed by atoms with Gasteiger partial charge >= 0.3 is 6.03 Å². The third-order valence-corrected chi connectivity index (χ3v) is 3.96. The van der Waals surface area contributed by atoms with E-state index in [2.05, 4.69) is 17.6 Å². The van der Waals surface area contributed by atoms with Crippen LogP contribution in [0.15, 0.2) is 24.3 Å². The standard InChI is InChI=1S/C16H25N3O2/c1-3-14(13-7-5-6-8-15(13)20)18-12-9-10-19(11-12)16(21)17-4-2/h5-8,12,14,18,20H,3-4,9-11H2,1-2H3,(H,17,21). The van der Waals surface area contributed by atoms with Crippen molar-refractivity contribution < 1.29 is 9.90 Å². The molecule has 1 aromatic rings. The fourth-order valence-electron chi connectivity index (χ4n) is 2.84. The van der Waals surface area contributed by atoms with Gasteiger partial charge in [0.2, 0.25) is 0 Å². The van der Waals surface area contributed by atoms with Crippen molar-refractivity contribution >= 4 is 6.03 Å². The second kappa shape index (κ2) is 7.31. The molecule has 1 aliphatic rings. The Hall–Kier alpha value is -1.75. The van der Waals surface area contributed by atoms with Crippen LogP contribution in [-0.4, -0.2) is 41.7 Å². The maximum Gasteiger partial charge on any atom is 0.317 e. The minimum Gasteiger partial charge on any atom is -0.508 e. The van der Waals surface area contributed by atoms with Crippen molar-refractivity contribution in [2.45, 2.75) is 38.8 Å².